The third-order valence-corrected chi connectivity index (χ3v) is 7.08. The maximum Gasteiger partial charge on any atom is 0.432 e. The van der Waals surface area contributed by atoms with E-state index >= 15 is 0 Å². The number of esters is 2. The quantitative estimate of drug-likeness (QED) is 0.249. The highest BCUT2D eigenvalue weighted by molar-refractivity contribution is 7.86. The van der Waals surface area contributed by atoms with Crippen molar-refractivity contribution in [2.75, 3.05) is 0 Å². The van der Waals surface area contributed by atoms with Crippen LogP contribution >= 0.6 is 0 Å². The highest BCUT2D eigenvalue weighted by atomic mass is 32.2. The lowest BCUT2D eigenvalue weighted by molar-refractivity contribution is -0.261. The molecule has 2 fully saturated rings. The van der Waals surface area contributed by atoms with Crippen molar-refractivity contribution in [3.63, 3.8) is 0 Å². The van der Waals surface area contributed by atoms with E-state index in [-0.39, 0.29) is 17.9 Å². The fourth-order valence-corrected chi connectivity index (χ4v) is 5.45. The molecular formula is C19H25F5O7S. The minimum atomic E-state index is -6.53. The summed E-state index contributed by atoms with van der Waals surface area (Å²) in [6, 6.07) is 0. The van der Waals surface area contributed by atoms with Crippen LogP contribution in [0.4, 0.5) is 22.0 Å². The van der Waals surface area contributed by atoms with Crippen molar-refractivity contribution < 1.29 is 54.0 Å². The van der Waals surface area contributed by atoms with E-state index < -0.39 is 62.9 Å². The van der Waals surface area contributed by atoms with Gasteiger partial charge in [-0.15, -0.1) is 0 Å². The van der Waals surface area contributed by atoms with Gasteiger partial charge in [-0.2, -0.15) is 30.4 Å². The molecule has 0 aliphatic heterocycles. The second kappa shape index (κ2) is 8.54. The number of alkyl halides is 5. The van der Waals surface area contributed by atoms with Gasteiger partial charge in [0.2, 0.25) is 0 Å². The largest absolute Gasteiger partial charge is 0.456 e. The molecule has 0 aromatic heterocycles. The first-order chi connectivity index (χ1) is 14.3. The Bertz CT molecular complexity index is 885. The predicted octanol–water partition coefficient (Wildman–Crippen LogP) is 3.89. The molecule has 2 aliphatic rings. The second-order valence-electron chi connectivity index (χ2n) is 8.78. The molecular weight excluding hydrogens is 467 g/mol. The number of rotatable bonds is 7. The second-order valence-corrected chi connectivity index (χ2v) is 10.3. The third-order valence-electron chi connectivity index (χ3n) is 6.18. The van der Waals surface area contributed by atoms with E-state index in [2.05, 4.69) is 11.3 Å². The number of hydrogen-bond donors (Lipinski definition) is 1. The van der Waals surface area contributed by atoms with Crippen LogP contribution < -0.4 is 0 Å². The van der Waals surface area contributed by atoms with Crippen LogP contribution in [0.25, 0.3) is 0 Å². The normalized spacial score (nSPS) is 31.7. The van der Waals surface area contributed by atoms with Crippen molar-refractivity contribution in [3.8, 4) is 0 Å². The number of carbonyl (C=O) groups is 2. The van der Waals surface area contributed by atoms with Gasteiger partial charge in [-0.3, -0.25) is 9.35 Å². The van der Waals surface area contributed by atoms with Gasteiger partial charge in [-0.25, -0.2) is 4.79 Å². The first kappa shape index (κ1) is 26.5. The number of halogens is 5. The van der Waals surface area contributed by atoms with E-state index in [1.165, 1.54) is 6.92 Å². The van der Waals surface area contributed by atoms with Crippen molar-refractivity contribution in [2.45, 2.75) is 69.6 Å². The lowest BCUT2D eigenvalue weighted by Crippen LogP contribution is -2.53. The summed E-state index contributed by atoms with van der Waals surface area (Å²) in [6.07, 6.45) is -9.28. The summed E-state index contributed by atoms with van der Waals surface area (Å²) in [5.41, 5.74) is -0.916. The standard InChI is InChI=1S/C19H25F5O7S/c1-5-12-10-6-11(8-17(4,7-10)31-14(25)9(2)3)13(12)15(26)30-16(18(20,21)22)19(23,24)32(27,28)29/h10-13,16H,2,5-8H2,1,3-4H3,(H,27,28,29). The Hall–Kier alpha value is -1.76. The van der Waals surface area contributed by atoms with Crippen LogP contribution in [0.3, 0.4) is 0 Å². The first-order valence-electron chi connectivity index (χ1n) is 9.85. The van der Waals surface area contributed by atoms with Gasteiger partial charge in [0.1, 0.15) is 5.60 Å². The molecule has 2 rings (SSSR count). The van der Waals surface area contributed by atoms with E-state index in [1.54, 1.807) is 13.8 Å². The summed E-state index contributed by atoms with van der Waals surface area (Å²) in [4.78, 5) is 24.6. The lowest BCUT2D eigenvalue weighted by Gasteiger charge is -2.38. The average molecular weight is 492 g/mol. The van der Waals surface area contributed by atoms with Crippen molar-refractivity contribution in [2.24, 2.45) is 23.7 Å². The molecule has 0 heterocycles. The SMILES string of the molecule is C=C(C)C(=O)OC1(C)CC2CC(C1)C(C(=O)OC(C(F)(F)F)C(F)(F)S(=O)(=O)O)C2CC. The monoisotopic (exact) mass is 492 g/mol. The summed E-state index contributed by atoms with van der Waals surface area (Å²) < 4.78 is 107. The van der Waals surface area contributed by atoms with E-state index in [0.717, 1.165) is 0 Å². The number of carbonyl (C=O) groups excluding carboxylic acids is 2. The van der Waals surface area contributed by atoms with Crippen LogP contribution in [-0.4, -0.2) is 48.0 Å². The minimum absolute atomic E-state index is 0.0736. The van der Waals surface area contributed by atoms with Gasteiger partial charge < -0.3 is 9.47 Å². The summed E-state index contributed by atoms with van der Waals surface area (Å²) in [6.45, 7) is 8.19. The molecule has 0 amide bonds. The summed E-state index contributed by atoms with van der Waals surface area (Å²) in [5, 5.41) is -5.79. The Labute approximate surface area is 182 Å². The fourth-order valence-electron chi connectivity index (χ4n) is 5.00. The molecule has 2 aliphatic carbocycles. The van der Waals surface area contributed by atoms with Crippen molar-refractivity contribution in [3.05, 3.63) is 12.2 Å². The zero-order valence-corrected chi connectivity index (χ0v) is 18.4. The molecule has 1 N–H and O–H groups in total. The van der Waals surface area contributed by atoms with Gasteiger partial charge in [-0.05, 0) is 50.9 Å². The molecule has 0 aromatic carbocycles. The Morgan fingerprint density at radius 2 is 1.72 bits per heavy atom. The lowest BCUT2D eigenvalue weighted by atomic mass is 9.77. The minimum Gasteiger partial charge on any atom is -0.456 e. The van der Waals surface area contributed by atoms with Crippen molar-refractivity contribution in [1.82, 2.24) is 0 Å². The number of ether oxygens (including phenoxy) is 2. The zero-order valence-electron chi connectivity index (χ0n) is 17.6. The van der Waals surface area contributed by atoms with Crippen LogP contribution in [0.1, 0.15) is 46.5 Å². The number of hydrogen-bond acceptors (Lipinski definition) is 6. The van der Waals surface area contributed by atoms with Crippen molar-refractivity contribution in [1.29, 1.82) is 0 Å². The molecule has 32 heavy (non-hydrogen) atoms. The predicted molar refractivity (Wildman–Crippen MR) is 99.8 cm³/mol. The molecule has 2 bridgehead atoms. The van der Waals surface area contributed by atoms with Gasteiger partial charge >= 0.3 is 33.5 Å². The molecule has 0 aromatic rings. The molecule has 6 atom stereocenters. The van der Waals surface area contributed by atoms with Gasteiger partial charge in [-0.1, -0.05) is 19.9 Å². The highest BCUT2D eigenvalue weighted by Crippen LogP contribution is 2.56. The Morgan fingerprint density at radius 1 is 1.19 bits per heavy atom. The summed E-state index contributed by atoms with van der Waals surface area (Å²) in [7, 11) is -6.53. The maximum atomic E-state index is 13.8. The van der Waals surface area contributed by atoms with Crippen LogP contribution in [-0.2, 0) is 29.2 Å². The van der Waals surface area contributed by atoms with E-state index in [9.17, 15) is 40.0 Å². The van der Waals surface area contributed by atoms with Crippen LogP contribution in [0.2, 0.25) is 0 Å². The van der Waals surface area contributed by atoms with Crippen LogP contribution in [0.5, 0.6) is 0 Å². The zero-order chi connectivity index (χ0) is 24.9. The van der Waals surface area contributed by atoms with Gasteiger partial charge in [0.05, 0.1) is 5.92 Å². The molecule has 2 saturated carbocycles. The van der Waals surface area contributed by atoms with Gasteiger partial charge in [0.25, 0.3) is 6.10 Å². The fraction of sp³-hybridized carbons (Fsp3) is 0.789. The van der Waals surface area contributed by atoms with E-state index in [0.29, 0.717) is 19.3 Å². The molecule has 13 heteroatoms. The summed E-state index contributed by atoms with van der Waals surface area (Å²) >= 11 is 0. The Morgan fingerprint density at radius 3 is 2.16 bits per heavy atom. The first-order valence-corrected chi connectivity index (χ1v) is 11.3. The van der Waals surface area contributed by atoms with Gasteiger partial charge in [0, 0.05) is 5.57 Å². The molecule has 0 spiro atoms. The molecule has 0 saturated heterocycles. The molecule has 0 radical (unpaired) electrons. The van der Waals surface area contributed by atoms with Crippen LogP contribution in [0.15, 0.2) is 12.2 Å². The van der Waals surface area contributed by atoms with Crippen molar-refractivity contribution >= 4 is 22.1 Å². The summed E-state index contributed by atoms with van der Waals surface area (Å²) in [5.74, 6) is -4.99. The van der Waals surface area contributed by atoms with Gasteiger partial charge in [0.15, 0.2) is 0 Å². The maximum absolute atomic E-state index is 13.8. The average Bonchev–Trinajstić information content (AvgIpc) is 2.87. The Kier molecular flexibility index (Phi) is 7.07. The Balaban J connectivity index is 2.33. The van der Waals surface area contributed by atoms with E-state index in [4.69, 9.17) is 9.29 Å². The van der Waals surface area contributed by atoms with Crippen LogP contribution in [0, 0.1) is 23.7 Å². The molecule has 184 valence electrons. The topological polar surface area (TPSA) is 107 Å². The molecule has 7 nitrogen and oxygen atoms in total. The number of fused-ring (bicyclic) bond motifs is 2. The third kappa shape index (κ3) is 5.08. The molecule has 6 unspecified atom stereocenters. The van der Waals surface area contributed by atoms with E-state index in [1.807, 2.05) is 0 Å². The highest BCUT2D eigenvalue weighted by Gasteiger charge is 2.67. The smallest absolute Gasteiger partial charge is 0.432 e.